The third-order valence-electron chi connectivity index (χ3n) is 4.07. The van der Waals surface area contributed by atoms with Crippen LogP contribution in [0, 0.1) is 0 Å². The first kappa shape index (κ1) is 19.0. The van der Waals surface area contributed by atoms with E-state index in [1.165, 1.54) is 0 Å². The molecule has 0 amide bonds. The first-order chi connectivity index (χ1) is 13.2. The van der Waals surface area contributed by atoms with Crippen LogP contribution in [0.4, 0.5) is 5.69 Å². The monoisotopic (exact) mass is 382 g/mol. The number of methoxy groups -OCH3 is 2. The largest absolute Gasteiger partial charge is 0.497 e. The third-order valence-corrected chi connectivity index (χ3v) is 5.07. The maximum Gasteiger partial charge on any atom is 0.185 e. The molecule has 27 heavy (non-hydrogen) atoms. The van der Waals surface area contributed by atoms with Gasteiger partial charge in [0.2, 0.25) is 0 Å². The van der Waals surface area contributed by atoms with Crippen molar-refractivity contribution in [3.63, 3.8) is 0 Å². The van der Waals surface area contributed by atoms with Crippen LogP contribution in [-0.2, 0) is 0 Å². The topological polar surface area (TPSA) is 59.9 Å². The van der Waals surface area contributed by atoms with Gasteiger partial charge >= 0.3 is 0 Å². The minimum atomic E-state index is -0.0659. The highest BCUT2D eigenvalue weighted by Gasteiger charge is 2.08. The van der Waals surface area contributed by atoms with Gasteiger partial charge < -0.3 is 14.8 Å². The van der Waals surface area contributed by atoms with Crippen molar-refractivity contribution in [1.29, 1.82) is 0 Å². The summed E-state index contributed by atoms with van der Waals surface area (Å²) in [7, 11) is 3.19. The summed E-state index contributed by atoms with van der Waals surface area (Å²) < 4.78 is 10.5. The maximum absolute atomic E-state index is 12.4. The number of thioether (sulfide) groups is 1. The molecular weight excluding hydrogens is 360 g/mol. The van der Waals surface area contributed by atoms with Gasteiger partial charge in [0, 0.05) is 35.2 Å². The number of hydrogen-bond acceptors (Lipinski definition) is 6. The highest BCUT2D eigenvalue weighted by atomic mass is 32.2. The maximum atomic E-state index is 12.4. The van der Waals surface area contributed by atoms with Gasteiger partial charge in [0.1, 0.15) is 11.5 Å². The second kappa shape index (κ2) is 9.28. The minimum absolute atomic E-state index is 0.0659. The summed E-state index contributed by atoms with van der Waals surface area (Å²) in [6.07, 6.45) is 4.42. The second-order valence-corrected chi connectivity index (χ2v) is 6.98. The van der Waals surface area contributed by atoms with Crippen molar-refractivity contribution in [2.45, 2.75) is 6.42 Å². The normalized spacial score (nSPS) is 13.9. The minimum Gasteiger partial charge on any atom is -0.497 e. The number of ketones is 1. The fourth-order valence-electron chi connectivity index (χ4n) is 2.59. The van der Waals surface area contributed by atoms with Crippen molar-refractivity contribution in [2.75, 3.05) is 31.8 Å². The number of allylic oxidation sites excluding steroid dienone is 1. The molecule has 6 heteroatoms. The Morgan fingerprint density at radius 2 is 1.96 bits per heavy atom. The molecule has 0 saturated heterocycles. The Balaban J connectivity index is 1.67. The molecule has 0 spiro atoms. The Labute approximate surface area is 163 Å². The van der Waals surface area contributed by atoms with Gasteiger partial charge in [-0.2, -0.15) is 0 Å². The van der Waals surface area contributed by atoms with Gasteiger partial charge in [-0.05, 0) is 55.0 Å². The highest BCUT2D eigenvalue weighted by molar-refractivity contribution is 8.14. The fourth-order valence-corrected chi connectivity index (χ4v) is 3.43. The number of anilines is 1. The smallest absolute Gasteiger partial charge is 0.185 e. The molecule has 1 aliphatic heterocycles. The lowest BCUT2D eigenvalue weighted by atomic mass is 10.1. The van der Waals surface area contributed by atoms with E-state index >= 15 is 0 Å². The fraction of sp³-hybridized carbons (Fsp3) is 0.238. The van der Waals surface area contributed by atoms with Crippen LogP contribution in [0.5, 0.6) is 11.5 Å². The van der Waals surface area contributed by atoms with Crippen molar-refractivity contribution in [3.05, 3.63) is 59.7 Å². The Hall–Kier alpha value is -2.73. The number of ether oxygens (including phenoxy) is 2. The predicted molar refractivity (Wildman–Crippen MR) is 112 cm³/mol. The zero-order chi connectivity index (χ0) is 19.1. The van der Waals surface area contributed by atoms with Crippen molar-refractivity contribution >= 4 is 34.5 Å². The molecule has 0 fully saturated rings. The van der Waals surface area contributed by atoms with Gasteiger partial charge in [-0.3, -0.25) is 9.79 Å². The molecule has 3 rings (SSSR count). The van der Waals surface area contributed by atoms with Crippen molar-refractivity contribution < 1.29 is 14.3 Å². The molecule has 0 aliphatic carbocycles. The van der Waals surface area contributed by atoms with Gasteiger partial charge in [0.25, 0.3) is 0 Å². The number of hydrogen-bond donors (Lipinski definition) is 1. The van der Waals surface area contributed by atoms with Crippen LogP contribution in [0.1, 0.15) is 22.3 Å². The summed E-state index contributed by atoms with van der Waals surface area (Å²) >= 11 is 1.72. The van der Waals surface area contributed by atoms with Crippen LogP contribution in [0.25, 0.3) is 6.08 Å². The summed E-state index contributed by atoms with van der Waals surface area (Å²) in [4.78, 5) is 16.9. The Morgan fingerprint density at radius 3 is 2.63 bits per heavy atom. The second-order valence-electron chi connectivity index (χ2n) is 5.90. The lowest BCUT2D eigenvalue weighted by Crippen LogP contribution is -2.13. The molecule has 0 radical (unpaired) electrons. The van der Waals surface area contributed by atoms with Crippen LogP contribution in [-0.4, -0.2) is 37.5 Å². The molecule has 0 saturated carbocycles. The van der Waals surface area contributed by atoms with E-state index in [0.29, 0.717) is 17.1 Å². The molecule has 0 aromatic heterocycles. The molecule has 1 N–H and O–H groups in total. The third kappa shape index (κ3) is 5.14. The van der Waals surface area contributed by atoms with Crippen molar-refractivity contribution in [1.82, 2.24) is 0 Å². The summed E-state index contributed by atoms with van der Waals surface area (Å²) in [6, 6.07) is 12.9. The van der Waals surface area contributed by atoms with Crippen molar-refractivity contribution in [2.24, 2.45) is 4.99 Å². The van der Waals surface area contributed by atoms with E-state index in [9.17, 15) is 4.79 Å². The van der Waals surface area contributed by atoms with Crippen LogP contribution in [0.15, 0.2) is 53.5 Å². The van der Waals surface area contributed by atoms with Crippen molar-refractivity contribution in [3.8, 4) is 11.5 Å². The molecule has 1 aliphatic rings. The average molecular weight is 382 g/mol. The van der Waals surface area contributed by atoms with E-state index < -0.39 is 0 Å². The zero-order valence-electron chi connectivity index (χ0n) is 15.4. The first-order valence-corrected chi connectivity index (χ1v) is 9.67. The molecule has 2 aromatic carbocycles. The van der Waals surface area contributed by atoms with E-state index in [4.69, 9.17) is 9.47 Å². The predicted octanol–water partition coefficient (Wildman–Crippen LogP) is 4.50. The summed E-state index contributed by atoms with van der Waals surface area (Å²) in [5.74, 6) is 2.38. The van der Waals surface area contributed by atoms with E-state index in [0.717, 1.165) is 35.1 Å². The Morgan fingerprint density at radius 1 is 1.15 bits per heavy atom. The molecule has 0 bridgehead atoms. The summed E-state index contributed by atoms with van der Waals surface area (Å²) in [6.45, 7) is 0.867. The van der Waals surface area contributed by atoms with E-state index in [2.05, 4.69) is 10.3 Å². The van der Waals surface area contributed by atoms with Crippen LogP contribution in [0.3, 0.4) is 0 Å². The van der Waals surface area contributed by atoms with Gasteiger partial charge in [0.15, 0.2) is 11.0 Å². The lowest BCUT2D eigenvalue weighted by Gasteiger charge is -2.13. The number of aliphatic imine (C=N–C) groups is 1. The molecule has 2 aromatic rings. The standard InChI is InChI=1S/C21H22N2O3S/c1-25-18-10-6-16(20(14-18)26-2)7-11-19(24)15-4-8-17(9-5-15)23-21-22-12-3-13-27-21/h4-11,14H,3,12-13H2,1-2H3,(H,22,23)/b11-7+. The SMILES string of the molecule is COc1ccc(/C=C/C(=O)c2ccc(NC3=NCCCS3)cc2)c(OC)c1. The summed E-state index contributed by atoms with van der Waals surface area (Å²) in [5.41, 5.74) is 2.38. The molecule has 1 heterocycles. The number of rotatable bonds is 6. The molecule has 0 unspecified atom stereocenters. The van der Waals surface area contributed by atoms with Crippen LogP contribution in [0.2, 0.25) is 0 Å². The lowest BCUT2D eigenvalue weighted by molar-refractivity contribution is 0.104. The average Bonchev–Trinajstić information content (AvgIpc) is 2.73. The van der Waals surface area contributed by atoms with Gasteiger partial charge in [0.05, 0.1) is 14.2 Å². The molecule has 5 nitrogen and oxygen atoms in total. The zero-order valence-corrected chi connectivity index (χ0v) is 16.2. The van der Waals surface area contributed by atoms with E-state index in [1.807, 2.05) is 36.4 Å². The van der Waals surface area contributed by atoms with Crippen LogP contribution >= 0.6 is 11.8 Å². The Bertz CT molecular complexity index is 860. The highest BCUT2D eigenvalue weighted by Crippen LogP contribution is 2.26. The quantitative estimate of drug-likeness (QED) is 0.589. The summed E-state index contributed by atoms with van der Waals surface area (Å²) in [5, 5.41) is 4.22. The number of nitrogens with zero attached hydrogens (tertiary/aromatic N) is 1. The number of nitrogens with one attached hydrogen (secondary N) is 1. The number of carbonyl (C=O) groups excluding carboxylic acids is 1. The Kier molecular flexibility index (Phi) is 6.54. The number of carbonyl (C=O) groups is 1. The van der Waals surface area contributed by atoms with E-state index in [1.54, 1.807) is 44.2 Å². The number of benzene rings is 2. The van der Waals surface area contributed by atoms with E-state index in [-0.39, 0.29) is 5.78 Å². The molecule has 140 valence electrons. The van der Waals surface area contributed by atoms with Crippen LogP contribution < -0.4 is 14.8 Å². The molecule has 0 atom stereocenters. The van der Waals surface area contributed by atoms with Gasteiger partial charge in [-0.1, -0.05) is 11.8 Å². The molecular formula is C21H22N2O3S. The first-order valence-electron chi connectivity index (χ1n) is 8.68. The van der Waals surface area contributed by atoms with Gasteiger partial charge in [-0.15, -0.1) is 0 Å². The van der Waals surface area contributed by atoms with Gasteiger partial charge in [-0.25, -0.2) is 0 Å². The number of amidine groups is 1.